The van der Waals surface area contributed by atoms with Crippen LogP contribution in [0.2, 0.25) is 0 Å². The molecule has 4 rings (SSSR count). The average molecular weight is 328 g/mol. The van der Waals surface area contributed by atoms with Crippen molar-refractivity contribution in [1.82, 2.24) is 4.98 Å². The lowest BCUT2D eigenvalue weighted by Gasteiger charge is -2.16. The van der Waals surface area contributed by atoms with Crippen LogP contribution in [0.3, 0.4) is 0 Å². The largest absolute Gasteiger partial charge is 0.443 e. The molecule has 2 aromatic carbocycles. The second-order valence-corrected chi connectivity index (χ2v) is 7.78. The van der Waals surface area contributed by atoms with Crippen LogP contribution in [-0.4, -0.2) is 13.4 Å². The van der Waals surface area contributed by atoms with Crippen molar-refractivity contribution in [1.29, 1.82) is 0 Å². The zero-order chi connectivity index (χ0) is 16.2. The Morgan fingerprint density at radius 3 is 2.61 bits per heavy atom. The van der Waals surface area contributed by atoms with Crippen molar-refractivity contribution in [2.45, 2.75) is 31.2 Å². The third-order valence-electron chi connectivity index (χ3n) is 4.10. The van der Waals surface area contributed by atoms with Crippen molar-refractivity contribution < 1.29 is 12.8 Å². The second-order valence-electron chi connectivity index (χ2n) is 5.95. The number of sulfonamides is 1. The lowest BCUT2D eigenvalue weighted by Crippen LogP contribution is -2.26. The van der Waals surface area contributed by atoms with Gasteiger partial charge in [-0.25, -0.2) is 13.4 Å². The fourth-order valence-electron chi connectivity index (χ4n) is 2.92. The number of rotatable bonds is 3. The molecule has 0 unspecified atom stereocenters. The number of benzene rings is 2. The summed E-state index contributed by atoms with van der Waals surface area (Å²) in [5.41, 5.74) is 0.683. The molecule has 2 heterocycles. The first-order valence-corrected chi connectivity index (χ1v) is 8.91. The van der Waals surface area contributed by atoms with E-state index >= 15 is 0 Å². The minimum Gasteiger partial charge on any atom is -0.443 e. The molecular formula is C17H16N2O3S. The van der Waals surface area contributed by atoms with Gasteiger partial charge < -0.3 is 4.42 Å². The molecule has 1 aromatic heterocycles. The zero-order valence-corrected chi connectivity index (χ0v) is 13.7. The molecule has 3 aromatic rings. The number of nitrogens with zero attached hydrogens (tertiary/aromatic N) is 2. The maximum absolute atomic E-state index is 12.9. The predicted octanol–water partition coefficient (Wildman–Crippen LogP) is 3.66. The molecule has 0 saturated carbocycles. The number of aromatic nitrogens is 1. The van der Waals surface area contributed by atoms with Gasteiger partial charge in [0.2, 0.25) is 5.89 Å². The summed E-state index contributed by atoms with van der Waals surface area (Å²) in [5.74, 6) is 1.38. The molecule has 0 amide bonds. The Labute approximate surface area is 134 Å². The van der Waals surface area contributed by atoms with Crippen molar-refractivity contribution in [3.63, 3.8) is 0 Å². The predicted molar refractivity (Wildman–Crippen MR) is 87.9 cm³/mol. The average Bonchev–Trinajstić information content (AvgIpc) is 3.07. The van der Waals surface area contributed by atoms with Gasteiger partial charge in [0, 0.05) is 11.3 Å². The fraction of sp³-hybridized carbons (Fsp3) is 0.235. The highest BCUT2D eigenvalue weighted by Crippen LogP contribution is 2.42. The summed E-state index contributed by atoms with van der Waals surface area (Å²) < 4.78 is 32.8. The first-order chi connectivity index (χ1) is 11.0. The normalized spacial score (nSPS) is 15.7. The standard InChI is InChI=1S/C17H16N2O3S/c1-11(2)14-9-18-16(22-14)10-19-13-7-3-5-12-6-4-8-15(17(12)13)23(19,20)21/h3-9,11H,10H2,1-2H3. The zero-order valence-electron chi connectivity index (χ0n) is 12.9. The van der Waals surface area contributed by atoms with E-state index in [0.717, 1.165) is 16.5 Å². The first kappa shape index (κ1) is 14.3. The van der Waals surface area contributed by atoms with Crippen molar-refractivity contribution in [2.75, 3.05) is 4.31 Å². The Kier molecular flexibility index (Phi) is 2.99. The van der Waals surface area contributed by atoms with Crippen LogP contribution >= 0.6 is 0 Å². The van der Waals surface area contributed by atoms with Crippen LogP contribution in [0.15, 0.2) is 51.9 Å². The third-order valence-corrected chi connectivity index (χ3v) is 5.90. The van der Waals surface area contributed by atoms with E-state index in [-0.39, 0.29) is 12.5 Å². The minimum atomic E-state index is -3.57. The van der Waals surface area contributed by atoms with Crippen LogP contribution in [0, 0.1) is 0 Å². The minimum absolute atomic E-state index is 0.100. The number of oxazole rings is 1. The van der Waals surface area contributed by atoms with E-state index in [0.29, 0.717) is 16.5 Å². The molecule has 5 nitrogen and oxygen atoms in total. The van der Waals surface area contributed by atoms with E-state index in [9.17, 15) is 8.42 Å². The smallest absolute Gasteiger partial charge is 0.265 e. The van der Waals surface area contributed by atoms with Crippen molar-refractivity contribution in [2.24, 2.45) is 0 Å². The summed E-state index contributed by atoms with van der Waals surface area (Å²) in [5, 5.41) is 1.69. The van der Waals surface area contributed by atoms with Gasteiger partial charge in [-0.05, 0) is 17.5 Å². The lowest BCUT2D eigenvalue weighted by molar-refractivity contribution is 0.440. The molecule has 1 aliphatic rings. The van der Waals surface area contributed by atoms with Crippen LogP contribution in [0.5, 0.6) is 0 Å². The van der Waals surface area contributed by atoms with Gasteiger partial charge >= 0.3 is 0 Å². The maximum atomic E-state index is 12.9. The lowest BCUT2D eigenvalue weighted by atomic mass is 10.1. The van der Waals surface area contributed by atoms with Crippen LogP contribution in [0.1, 0.15) is 31.4 Å². The molecule has 0 bridgehead atoms. The summed E-state index contributed by atoms with van der Waals surface area (Å²) in [6.07, 6.45) is 1.66. The van der Waals surface area contributed by atoms with E-state index in [2.05, 4.69) is 4.98 Å². The maximum Gasteiger partial charge on any atom is 0.265 e. The summed E-state index contributed by atoms with van der Waals surface area (Å²) in [6.45, 7) is 4.11. The van der Waals surface area contributed by atoms with Crippen molar-refractivity contribution >= 4 is 26.5 Å². The summed E-state index contributed by atoms with van der Waals surface area (Å²) in [4.78, 5) is 4.57. The third kappa shape index (κ3) is 2.05. The van der Waals surface area contributed by atoms with Crippen molar-refractivity contribution in [3.05, 3.63) is 54.2 Å². The van der Waals surface area contributed by atoms with Crippen LogP contribution in [0.4, 0.5) is 5.69 Å². The van der Waals surface area contributed by atoms with Gasteiger partial charge in [-0.3, -0.25) is 4.31 Å². The van der Waals surface area contributed by atoms with E-state index in [1.807, 2.05) is 38.1 Å². The van der Waals surface area contributed by atoms with E-state index in [1.54, 1.807) is 18.3 Å². The van der Waals surface area contributed by atoms with Gasteiger partial charge in [0.05, 0.1) is 16.8 Å². The molecule has 0 spiro atoms. The van der Waals surface area contributed by atoms with E-state index in [1.165, 1.54) is 4.31 Å². The highest BCUT2D eigenvalue weighted by molar-refractivity contribution is 7.93. The molecular weight excluding hydrogens is 312 g/mol. The van der Waals surface area contributed by atoms with Crippen molar-refractivity contribution in [3.8, 4) is 0 Å². The topological polar surface area (TPSA) is 63.4 Å². The van der Waals surface area contributed by atoms with Crippen LogP contribution in [0.25, 0.3) is 10.8 Å². The Balaban J connectivity index is 1.82. The Morgan fingerprint density at radius 2 is 1.91 bits per heavy atom. The quantitative estimate of drug-likeness (QED) is 0.736. The first-order valence-electron chi connectivity index (χ1n) is 7.47. The Morgan fingerprint density at radius 1 is 1.17 bits per heavy atom. The van der Waals surface area contributed by atoms with Gasteiger partial charge in [0.15, 0.2) is 0 Å². The fourth-order valence-corrected chi connectivity index (χ4v) is 4.58. The molecule has 0 radical (unpaired) electrons. The van der Waals surface area contributed by atoms with Gasteiger partial charge in [-0.2, -0.15) is 0 Å². The monoisotopic (exact) mass is 328 g/mol. The molecule has 0 atom stereocenters. The van der Waals surface area contributed by atoms with Crippen LogP contribution in [-0.2, 0) is 16.6 Å². The number of anilines is 1. The molecule has 23 heavy (non-hydrogen) atoms. The highest BCUT2D eigenvalue weighted by Gasteiger charge is 2.36. The molecule has 0 N–H and O–H groups in total. The number of hydrogen-bond donors (Lipinski definition) is 0. The van der Waals surface area contributed by atoms with E-state index < -0.39 is 10.0 Å². The van der Waals surface area contributed by atoms with Gasteiger partial charge in [0.1, 0.15) is 12.3 Å². The van der Waals surface area contributed by atoms with Gasteiger partial charge in [0.25, 0.3) is 10.0 Å². The summed E-state index contributed by atoms with van der Waals surface area (Å²) >= 11 is 0. The van der Waals surface area contributed by atoms with E-state index in [4.69, 9.17) is 4.42 Å². The van der Waals surface area contributed by atoms with Crippen LogP contribution < -0.4 is 4.31 Å². The number of hydrogen-bond acceptors (Lipinski definition) is 4. The molecule has 6 heteroatoms. The molecule has 0 fully saturated rings. The second kappa shape index (κ2) is 4.83. The summed E-state index contributed by atoms with van der Waals surface area (Å²) in [7, 11) is -3.57. The molecule has 1 aliphatic heterocycles. The van der Waals surface area contributed by atoms with Gasteiger partial charge in [-0.1, -0.05) is 38.1 Å². The SMILES string of the molecule is CC(C)c1cnc(CN2c3cccc4cccc(c34)S2(=O)=O)o1. The highest BCUT2D eigenvalue weighted by atomic mass is 32.2. The molecule has 0 aliphatic carbocycles. The molecule has 0 saturated heterocycles. The Bertz CT molecular complexity index is 1000. The molecule has 118 valence electrons. The van der Waals surface area contributed by atoms with Gasteiger partial charge in [-0.15, -0.1) is 0 Å². The summed E-state index contributed by atoms with van der Waals surface area (Å²) in [6, 6.07) is 10.9. The Hall–Kier alpha value is -2.34.